The van der Waals surface area contributed by atoms with Crippen molar-refractivity contribution in [2.45, 2.75) is 25.6 Å². The van der Waals surface area contributed by atoms with Crippen molar-refractivity contribution in [1.82, 2.24) is 14.9 Å². The Hall–Kier alpha value is -2.82. The molecular formula is C17H14F4N4O2S. The fourth-order valence-electron chi connectivity index (χ4n) is 2.17. The summed E-state index contributed by atoms with van der Waals surface area (Å²) < 4.78 is 65.4. The van der Waals surface area contributed by atoms with Gasteiger partial charge in [-0.05, 0) is 24.8 Å². The van der Waals surface area contributed by atoms with E-state index in [2.05, 4.69) is 15.3 Å². The van der Waals surface area contributed by atoms with E-state index < -0.39 is 35.6 Å². The number of hydrogen-bond donors (Lipinski definition) is 0. The molecule has 0 amide bonds. The van der Waals surface area contributed by atoms with Gasteiger partial charge in [0.1, 0.15) is 18.1 Å². The van der Waals surface area contributed by atoms with Crippen LogP contribution in [0.1, 0.15) is 24.3 Å². The molecule has 0 saturated carbocycles. The Morgan fingerprint density at radius 1 is 1.18 bits per heavy atom. The molecule has 28 heavy (non-hydrogen) atoms. The van der Waals surface area contributed by atoms with E-state index in [1.807, 2.05) is 6.92 Å². The van der Waals surface area contributed by atoms with E-state index >= 15 is 0 Å². The standard InChI is InChI=1S/C17H14F4N4O2S/c1-3-28-17-24-23-9(2)25(17)22-7-10-4-5-11(27-10)8-26-16-14(20)12(18)6-13(19)15(16)21/h4-7H,3,8H2,1-2H3. The van der Waals surface area contributed by atoms with Crippen molar-refractivity contribution in [3.8, 4) is 5.75 Å². The molecule has 2 aromatic heterocycles. The van der Waals surface area contributed by atoms with Crippen LogP contribution in [0.25, 0.3) is 0 Å². The number of aromatic nitrogens is 3. The quantitative estimate of drug-likeness (QED) is 0.250. The van der Waals surface area contributed by atoms with Crippen LogP contribution >= 0.6 is 11.8 Å². The highest BCUT2D eigenvalue weighted by Crippen LogP contribution is 2.27. The van der Waals surface area contributed by atoms with Gasteiger partial charge in [-0.2, -0.15) is 18.6 Å². The highest BCUT2D eigenvalue weighted by atomic mass is 32.2. The lowest BCUT2D eigenvalue weighted by atomic mass is 10.3. The lowest BCUT2D eigenvalue weighted by Gasteiger charge is -2.08. The topological polar surface area (TPSA) is 65.4 Å². The van der Waals surface area contributed by atoms with Gasteiger partial charge in [0, 0.05) is 6.07 Å². The molecule has 3 aromatic rings. The zero-order valence-electron chi connectivity index (χ0n) is 14.7. The smallest absolute Gasteiger partial charge is 0.212 e. The molecule has 0 aliphatic rings. The molecule has 0 saturated heterocycles. The summed E-state index contributed by atoms with van der Waals surface area (Å²) in [6, 6.07) is 3.14. The third kappa shape index (κ3) is 4.19. The van der Waals surface area contributed by atoms with Gasteiger partial charge in [0.25, 0.3) is 0 Å². The third-order valence-electron chi connectivity index (χ3n) is 3.45. The normalized spacial score (nSPS) is 11.5. The molecule has 0 fully saturated rings. The summed E-state index contributed by atoms with van der Waals surface area (Å²) in [6.07, 6.45) is 1.41. The van der Waals surface area contributed by atoms with Crippen molar-refractivity contribution >= 4 is 18.0 Å². The summed E-state index contributed by atoms with van der Waals surface area (Å²) in [4.78, 5) is 0. The summed E-state index contributed by atoms with van der Waals surface area (Å²) in [5.41, 5.74) is 0. The van der Waals surface area contributed by atoms with Crippen LogP contribution in [0.2, 0.25) is 0 Å². The van der Waals surface area contributed by atoms with E-state index in [4.69, 9.17) is 9.15 Å². The summed E-state index contributed by atoms with van der Waals surface area (Å²) >= 11 is 1.47. The molecule has 0 N–H and O–H groups in total. The Balaban J connectivity index is 1.71. The summed E-state index contributed by atoms with van der Waals surface area (Å²) in [6.45, 7) is 3.28. The van der Waals surface area contributed by atoms with E-state index in [0.29, 0.717) is 16.7 Å². The maximum Gasteiger partial charge on any atom is 0.212 e. The summed E-state index contributed by atoms with van der Waals surface area (Å²) in [7, 11) is 0. The first-order valence-corrected chi connectivity index (χ1v) is 9.03. The number of ether oxygens (including phenoxy) is 1. The molecule has 0 spiro atoms. The van der Waals surface area contributed by atoms with E-state index in [-0.39, 0.29) is 11.8 Å². The van der Waals surface area contributed by atoms with Crippen LogP contribution in [-0.4, -0.2) is 26.8 Å². The highest BCUT2D eigenvalue weighted by Gasteiger charge is 2.21. The maximum absolute atomic E-state index is 13.6. The van der Waals surface area contributed by atoms with Crippen LogP contribution in [0, 0.1) is 30.2 Å². The number of halogens is 4. The van der Waals surface area contributed by atoms with Crippen molar-refractivity contribution < 1.29 is 26.7 Å². The fourth-order valence-corrected chi connectivity index (χ4v) is 2.83. The molecule has 11 heteroatoms. The van der Waals surface area contributed by atoms with Crippen molar-refractivity contribution in [1.29, 1.82) is 0 Å². The molecule has 0 atom stereocenters. The fraction of sp³-hybridized carbons (Fsp3) is 0.235. The maximum atomic E-state index is 13.6. The first-order chi connectivity index (χ1) is 13.4. The van der Waals surface area contributed by atoms with E-state index in [1.54, 1.807) is 13.0 Å². The lowest BCUT2D eigenvalue weighted by molar-refractivity contribution is 0.237. The number of furan rings is 1. The van der Waals surface area contributed by atoms with Crippen LogP contribution in [0.5, 0.6) is 5.75 Å². The predicted molar refractivity (Wildman–Crippen MR) is 93.5 cm³/mol. The molecule has 6 nitrogen and oxygen atoms in total. The van der Waals surface area contributed by atoms with Gasteiger partial charge >= 0.3 is 0 Å². The highest BCUT2D eigenvalue weighted by molar-refractivity contribution is 7.99. The zero-order chi connectivity index (χ0) is 20.3. The molecule has 0 aliphatic carbocycles. The Bertz CT molecular complexity index is 993. The number of aryl methyl sites for hydroxylation is 1. The second kappa shape index (κ2) is 8.46. The molecule has 2 heterocycles. The SMILES string of the molecule is CCSc1nnc(C)n1N=Cc1ccc(COc2c(F)c(F)cc(F)c2F)o1. The van der Waals surface area contributed by atoms with Crippen molar-refractivity contribution in [3.05, 3.63) is 58.8 Å². The minimum atomic E-state index is -1.61. The first kappa shape index (κ1) is 19.9. The Morgan fingerprint density at radius 2 is 1.89 bits per heavy atom. The molecule has 0 aliphatic heterocycles. The monoisotopic (exact) mass is 414 g/mol. The Morgan fingerprint density at radius 3 is 2.57 bits per heavy atom. The van der Waals surface area contributed by atoms with Gasteiger partial charge in [0.15, 0.2) is 23.2 Å². The van der Waals surface area contributed by atoms with Gasteiger partial charge in [-0.15, -0.1) is 10.2 Å². The lowest BCUT2D eigenvalue weighted by Crippen LogP contribution is -2.03. The number of nitrogens with zero attached hydrogens (tertiary/aromatic N) is 4. The van der Waals surface area contributed by atoms with Crippen LogP contribution in [0.3, 0.4) is 0 Å². The van der Waals surface area contributed by atoms with E-state index in [9.17, 15) is 17.6 Å². The average Bonchev–Trinajstić information content (AvgIpc) is 3.25. The second-order valence-electron chi connectivity index (χ2n) is 5.41. The zero-order valence-corrected chi connectivity index (χ0v) is 15.6. The van der Waals surface area contributed by atoms with E-state index in [0.717, 1.165) is 5.75 Å². The number of hydrogen-bond acceptors (Lipinski definition) is 6. The van der Waals surface area contributed by atoms with E-state index in [1.165, 1.54) is 28.7 Å². The Labute approximate surface area is 161 Å². The largest absolute Gasteiger partial charge is 0.479 e. The molecule has 3 rings (SSSR count). The minimum absolute atomic E-state index is 0.108. The molecule has 0 bridgehead atoms. The third-order valence-corrected chi connectivity index (χ3v) is 4.26. The number of thioether (sulfide) groups is 1. The van der Waals surface area contributed by atoms with Gasteiger partial charge < -0.3 is 9.15 Å². The average molecular weight is 414 g/mol. The Kier molecular flexibility index (Phi) is 6.02. The molecule has 1 aromatic carbocycles. The van der Waals surface area contributed by atoms with Crippen LogP contribution in [-0.2, 0) is 6.61 Å². The van der Waals surface area contributed by atoms with Gasteiger partial charge in [-0.1, -0.05) is 18.7 Å². The number of benzene rings is 1. The van der Waals surface area contributed by atoms with Gasteiger partial charge in [0.2, 0.25) is 16.8 Å². The second-order valence-corrected chi connectivity index (χ2v) is 6.64. The number of rotatable bonds is 7. The van der Waals surface area contributed by atoms with Crippen molar-refractivity contribution in [2.75, 3.05) is 5.75 Å². The van der Waals surface area contributed by atoms with Gasteiger partial charge in [0.05, 0.1) is 6.21 Å². The van der Waals surface area contributed by atoms with Crippen LogP contribution in [0.15, 0.2) is 32.9 Å². The van der Waals surface area contributed by atoms with Gasteiger partial charge in [-0.3, -0.25) is 0 Å². The van der Waals surface area contributed by atoms with Gasteiger partial charge in [-0.25, -0.2) is 8.78 Å². The minimum Gasteiger partial charge on any atom is -0.479 e. The van der Waals surface area contributed by atoms with Crippen molar-refractivity contribution in [2.24, 2.45) is 5.10 Å². The molecular weight excluding hydrogens is 400 g/mol. The summed E-state index contributed by atoms with van der Waals surface area (Å²) in [5, 5.41) is 12.8. The van der Waals surface area contributed by atoms with Crippen LogP contribution in [0.4, 0.5) is 17.6 Å². The summed E-state index contributed by atoms with van der Waals surface area (Å²) in [5.74, 6) is -5.60. The van der Waals surface area contributed by atoms with Crippen molar-refractivity contribution in [3.63, 3.8) is 0 Å². The molecule has 148 valence electrons. The first-order valence-electron chi connectivity index (χ1n) is 8.04. The molecule has 0 unspecified atom stereocenters. The molecule has 0 radical (unpaired) electrons. The van der Waals surface area contributed by atoms with Crippen LogP contribution < -0.4 is 4.74 Å². The predicted octanol–water partition coefficient (Wildman–Crippen LogP) is 4.31.